The van der Waals surface area contributed by atoms with Gasteiger partial charge in [-0.2, -0.15) is 0 Å². The number of carbonyl (C=O) groups excluding carboxylic acids is 1. The van der Waals surface area contributed by atoms with Crippen molar-refractivity contribution in [1.82, 2.24) is 15.2 Å². The van der Waals surface area contributed by atoms with Gasteiger partial charge in [0.25, 0.3) is 0 Å². The third-order valence-electron chi connectivity index (χ3n) is 3.74. The Balaban J connectivity index is 1.65. The molecule has 2 aromatic rings. The maximum atomic E-state index is 12.4. The molecule has 0 spiro atoms. The largest absolute Gasteiger partial charge is 0.293 e. The van der Waals surface area contributed by atoms with Crippen LogP contribution in [-0.2, 0) is 6.42 Å². The molecule has 1 unspecified atom stereocenters. The van der Waals surface area contributed by atoms with Crippen LogP contribution in [0.5, 0.6) is 0 Å². The fourth-order valence-electron chi connectivity index (χ4n) is 2.20. The summed E-state index contributed by atoms with van der Waals surface area (Å²) in [5.41, 5.74) is 2.00. The van der Waals surface area contributed by atoms with Crippen molar-refractivity contribution in [3.8, 4) is 0 Å². The molecule has 0 saturated heterocycles. The second-order valence-corrected chi connectivity index (χ2v) is 6.76. The zero-order chi connectivity index (χ0) is 14.8. The minimum absolute atomic E-state index is 0.125. The van der Waals surface area contributed by atoms with Crippen LogP contribution in [-0.4, -0.2) is 26.2 Å². The molecule has 1 aliphatic carbocycles. The lowest BCUT2D eigenvalue weighted by Gasteiger charge is -2.08. The molecule has 4 nitrogen and oxygen atoms in total. The van der Waals surface area contributed by atoms with Gasteiger partial charge in [-0.1, -0.05) is 43.0 Å². The van der Waals surface area contributed by atoms with Crippen LogP contribution in [0.1, 0.15) is 54.4 Å². The van der Waals surface area contributed by atoms with Crippen molar-refractivity contribution in [2.45, 2.75) is 49.4 Å². The molecule has 1 heterocycles. The van der Waals surface area contributed by atoms with Gasteiger partial charge >= 0.3 is 0 Å². The molecule has 3 rings (SSSR count). The van der Waals surface area contributed by atoms with E-state index in [2.05, 4.69) is 22.1 Å². The first-order chi connectivity index (χ1) is 10.2. The number of thioether (sulfide) groups is 1. The van der Waals surface area contributed by atoms with Gasteiger partial charge in [0.15, 0.2) is 5.78 Å². The standard InChI is InChI=1S/C16H19N3OS/c1-3-11-4-6-12(7-5-11)14(20)10(2)21-16-17-15(18-19-16)13-8-9-13/h4-7,10,13H,3,8-9H2,1-2H3,(H,17,18,19). The summed E-state index contributed by atoms with van der Waals surface area (Å²) in [5, 5.41) is 7.66. The monoisotopic (exact) mass is 301 g/mol. The first kappa shape index (κ1) is 14.3. The summed E-state index contributed by atoms with van der Waals surface area (Å²) in [4.78, 5) is 16.9. The minimum Gasteiger partial charge on any atom is -0.293 e. The SMILES string of the molecule is CCc1ccc(C(=O)C(C)Sc2n[nH]c(C3CC3)n2)cc1. The number of H-pyrrole nitrogens is 1. The van der Waals surface area contributed by atoms with E-state index in [0.717, 1.165) is 17.8 Å². The molecular weight excluding hydrogens is 282 g/mol. The summed E-state index contributed by atoms with van der Waals surface area (Å²) < 4.78 is 0. The van der Waals surface area contributed by atoms with Gasteiger partial charge in [0.2, 0.25) is 5.16 Å². The van der Waals surface area contributed by atoms with Gasteiger partial charge < -0.3 is 0 Å². The van der Waals surface area contributed by atoms with Crippen LogP contribution >= 0.6 is 11.8 Å². The normalized spacial score (nSPS) is 15.9. The number of nitrogens with zero attached hydrogens (tertiary/aromatic N) is 2. The van der Waals surface area contributed by atoms with Gasteiger partial charge in [-0.25, -0.2) is 4.98 Å². The Hall–Kier alpha value is -1.62. The maximum Gasteiger partial charge on any atom is 0.209 e. The number of hydrogen-bond donors (Lipinski definition) is 1. The predicted octanol–water partition coefficient (Wildman–Crippen LogP) is 3.61. The Labute approximate surface area is 128 Å². The fourth-order valence-corrected chi connectivity index (χ4v) is 3.01. The highest BCUT2D eigenvalue weighted by atomic mass is 32.2. The van der Waals surface area contributed by atoms with Gasteiger partial charge in [-0.3, -0.25) is 9.89 Å². The number of ketones is 1. The molecule has 110 valence electrons. The van der Waals surface area contributed by atoms with E-state index < -0.39 is 0 Å². The van der Waals surface area contributed by atoms with Gasteiger partial charge in [0, 0.05) is 11.5 Å². The number of hydrogen-bond acceptors (Lipinski definition) is 4. The summed E-state index contributed by atoms with van der Waals surface area (Å²) >= 11 is 1.42. The number of aromatic nitrogens is 3. The molecule has 0 aliphatic heterocycles. The number of nitrogens with one attached hydrogen (secondary N) is 1. The molecule has 1 fully saturated rings. The van der Waals surface area contributed by atoms with Crippen molar-refractivity contribution < 1.29 is 4.79 Å². The first-order valence-electron chi connectivity index (χ1n) is 7.39. The molecule has 0 amide bonds. The Morgan fingerprint density at radius 3 is 2.71 bits per heavy atom. The zero-order valence-corrected chi connectivity index (χ0v) is 13.1. The summed E-state index contributed by atoms with van der Waals surface area (Å²) in [5.74, 6) is 1.64. The van der Waals surface area contributed by atoms with E-state index in [-0.39, 0.29) is 11.0 Å². The van der Waals surface area contributed by atoms with Gasteiger partial charge in [0.1, 0.15) is 5.82 Å². The summed E-state index contributed by atoms with van der Waals surface area (Å²) in [6, 6.07) is 7.85. The number of benzene rings is 1. The Kier molecular flexibility index (Phi) is 4.10. The second-order valence-electron chi connectivity index (χ2n) is 5.45. The van der Waals surface area contributed by atoms with Crippen molar-refractivity contribution in [3.05, 3.63) is 41.2 Å². The minimum atomic E-state index is -0.180. The zero-order valence-electron chi connectivity index (χ0n) is 12.3. The number of carbonyl (C=O) groups is 1. The highest BCUT2D eigenvalue weighted by molar-refractivity contribution is 8.00. The third kappa shape index (κ3) is 3.35. The number of Topliss-reactive ketones (excluding diaryl/α,β-unsaturated/α-hetero) is 1. The van der Waals surface area contributed by atoms with Gasteiger partial charge in [-0.05, 0) is 31.7 Å². The molecule has 1 N–H and O–H groups in total. The van der Waals surface area contributed by atoms with Crippen molar-refractivity contribution in [2.24, 2.45) is 0 Å². The van der Waals surface area contributed by atoms with Crippen molar-refractivity contribution in [1.29, 1.82) is 0 Å². The Bertz CT molecular complexity index is 631. The van der Waals surface area contributed by atoms with Gasteiger partial charge in [-0.15, -0.1) is 5.10 Å². The molecule has 21 heavy (non-hydrogen) atoms. The van der Waals surface area contributed by atoms with Crippen LogP contribution in [0.15, 0.2) is 29.4 Å². The van der Waals surface area contributed by atoms with Crippen LogP contribution in [0.4, 0.5) is 0 Å². The summed E-state index contributed by atoms with van der Waals surface area (Å²) in [6.45, 7) is 4.02. The predicted molar refractivity (Wildman–Crippen MR) is 83.8 cm³/mol. The smallest absolute Gasteiger partial charge is 0.209 e. The molecule has 1 aliphatic rings. The average Bonchev–Trinajstić information content (AvgIpc) is 3.27. The van der Waals surface area contributed by atoms with Crippen LogP contribution in [0.3, 0.4) is 0 Å². The molecule has 0 radical (unpaired) electrons. The molecule has 1 atom stereocenters. The van der Waals surface area contributed by atoms with Crippen LogP contribution in [0, 0.1) is 0 Å². The van der Waals surface area contributed by atoms with E-state index in [0.29, 0.717) is 11.1 Å². The maximum absolute atomic E-state index is 12.4. The highest BCUT2D eigenvalue weighted by Gasteiger charge is 2.28. The Morgan fingerprint density at radius 2 is 2.10 bits per heavy atom. The van der Waals surface area contributed by atoms with Gasteiger partial charge in [0.05, 0.1) is 5.25 Å². The molecule has 1 saturated carbocycles. The molecule has 5 heteroatoms. The van der Waals surface area contributed by atoms with Crippen LogP contribution in [0.2, 0.25) is 0 Å². The second kappa shape index (κ2) is 6.02. The molecule has 1 aromatic heterocycles. The third-order valence-corrected chi connectivity index (χ3v) is 4.71. The molecule has 1 aromatic carbocycles. The van der Waals surface area contributed by atoms with E-state index in [4.69, 9.17) is 0 Å². The van der Waals surface area contributed by atoms with Crippen molar-refractivity contribution >= 4 is 17.5 Å². The van der Waals surface area contributed by atoms with Crippen molar-refractivity contribution in [3.63, 3.8) is 0 Å². The number of rotatable bonds is 6. The quantitative estimate of drug-likeness (QED) is 0.654. The van der Waals surface area contributed by atoms with E-state index in [1.54, 1.807) is 0 Å². The highest BCUT2D eigenvalue weighted by Crippen LogP contribution is 2.38. The van der Waals surface area contributed by atoms with E-state index in [9.17, 15) is 4.79 Å². The lowest BCUT2D eigenvalue weighted by molar-refractivity contribution is 0.0994. The van der Waals surface area contributed by atoms with Crippen molar-refractivity contribution in [2.75, 3.05) is 0 Å². The molecular formula is C16H19N3OS. The summed E-state index contributed by atoms with van der Waals surface area (Å²) in [6.07, 6.45) is 3.37. The summed E-state index contributed by atoms with van der Waals surface area (Å²) in [7, 11) is 0. The van der Waals surface area contributed by atoms with E-state index in [1.807, 2.05) is 31.2 Å². The topological polar surface area (TPSA) is 58.6 Å². The van der Waals surface area contributed by atoms with Crippen LogP contribution in [0.25, 0.3) is 0 Å². The first-order valence-corrected chi connectivity index (χ1v) is 8.27. The number of aryl methyl sites for hydroxylation is 1. The average molecular weight is 301 g/mol. The number of aromatic amines is 1. The molecule has 0 bridgehead atoms. The van der Waals surface area contributed by atoms with E-state index >= 15 is 0 Å². The van der Waals surface area contributed by atoms with E-state index in [1.165, 1.54) is 30.2 Å². The Morgan fingerprint density at radius 1 is 1.38 bits per heavy atom. The van der Waals surface area contributed by atoms with Crippen LogP contribution < -0.4 is 0 Å². The lowest BCUT2D eigenvalue weighted by Crippen LogP contribution is -2.13. The fraction of sp³-hybridized carbons (Fsp3) is 0.438. The lowest BCUT2D eigenvalue weighted by atomic mass is 10.1.